The van der Waals surface area contributed by atoms with Crippen LogP contribution in [0.15, 0.2) is 73.2 Å². The van der Waals surface area contributed by atoms with Crippen molar-refractivity contribution in [2.24, 2.45) is 18.9 Å². The predicted octanol–water partition coefficient (Wildman–Crippen LogP) is 8.11. The van der Waals surface area contributed by atoms with Gasteiger partial charge in [-0.3, -0.25) is 28.8 Å². The highest BCUT2D eigenvalue weighted by molar-refractivity contribution is 6.31. The van der Waals surface area contributed by atoms with Gasteiger partial charge in [0.2, 0.25) is 5.91 Å². The van der Waals surface area contributed by atoms with Crippen LogP contribution in [-0.4, -0.2) is 96.0 Å². The summed E-state index contributed by atoms with van der Waals surface area (Å²) in [5, 5.41) is 29.4. The number of aryl methyl sites for hydroxylation is 1. The zero-order valence-corrected chi connectivity index (χ0v) is 36.9. The second-order valence-corrected chi connectivity index (χ2v) is 18.2. The zero-order chi connectivity index (χ0) is 43.5. The first-order chi connectivity index (χ1) is 30.7. The number of nitriles is 1. The molecule has 0 spiro atoms. The van der Waals surface area contributed by atoms with Crippen LogP contribution in [0.2, 0.25) is 5.02 Å². The molecule has 3 fully saturated rings. The molecule has 14 heteroatoms. The maximum atomic E-state index is 12.5. The minimum absolute atomic E-state index is 0.0981. The summed E-state index contributed by atoms with van der Waals surface area (Å²) in [5.74, 6) is 2.40. The summed E-state index contributed by atoms with van der Waals surface area (Å²) in [6, 6.07) is 20.3. The molecular weight excluding hydrogens is 810 g/mol. The third-order valence-corrected chi connectivity index (χ3v) is 13.8. The number of hydrogen-bond donors (Lipinski definition) is 0. The quantitative estimate of drug-likeness (QED) is 0.131. The molecule has 0 atom stereocenters. The van der Waals surface area contributed by atoms with E-state index in [0.29, 0.717) is 34.8 Å². The maximum Gasteiger partial charge on any atom is 0.219 e. The highest BCUT2D eigenvalue weighted by Gasteiger charge is 2.36. The van der Waals surface area contributed by atoms with Gasteiger partial charge < -0.3 is 9.80 Å². The van der Waals surface area contributed by atoms with E-state index in [1.807, 2.05) is 54.8 Å². The average molecular weight is 864 g/mol. The van der Waals surface area contributed by atoms with E-state index in [1.54, 1.807) is 17.7 Å². The molecule has 2 saturated heterocycles. The summed E-state index contributed by atoms with van der Waals surface area (Å²) >= 11 is 6.02. The molecule has 0 unspecified atom stereocenters. The van der Waals surface area contributed by atoms with Crippen LogP contribution in [0.1, 0.15) is 90.8 Å². The predicted molar refractivity (Wildman–Crippen MR) is 244 cm³/mol. The first-order valence-electron chi connectivity index (χ1n) is 22.4. The van der Waals surface area contributed by atoms with E-state index in [4.69, 9.17) is 26.9 Å². The molecule has 4 aromatic heterocycles. The fourth-order valence-corrected chi connectivity index (χ4v) is 10.2. The van der Waals surface area contributed by atoms with Crippen LogP contribution in [0.3, 0.4) is 0 Å². The number of amides is 1. The number of benzene rings is 2. The Morgan fingerprint density at radius 3 is 2.48 bits per heavy atom. The molecular formula is C49H54ClN11O2. The van der Waals surface area contributed by atoms with Crippen molar-refractivity contribution >= 4 is 40.4 Å². The molecule has 1 aliphatic carbocycles. The standard InChI is InChI=1S/C35H38N10O2.C14H16ClN/c1-23(47)44-13-10-33-31(21-44)35(29-5-3-4-25-14-32(36-16-30(25)29)26-15-37-41(2)18-26)40-45(33)28-19-42(20-28)17-24-8-11-43(12-9-24)34-7-6-27(22-46)38-39-34;15-14-9-12(6-7-13(14)10-16)8-11-4-2-1-3-5-11/h3-7,14-16,18,22,24,28H,8-13,17,19-21H2,1-2H3;6-7,9,11H,1-5,8H2. The van der Waals surface area contributed by atoms with E-state index in [9.17, 15) is 9.59 Å². The van der Waals surface area contributed by atoms with Gasteiger partial charge in [0.15, 0.2) is 12.1 Å². The van der Waals surface area contributed by atoms with E-state index < -0.39 is 0 Å². The van der Waals surface area contributed by atoms with E-state index in [-0.39, 0.29) is 5.91 Å². The van der Waals surface area contributed by atoms with Crippen LogP contribution in [0.4, 0.5) is 5.82 Å². The van der Waals surface area contributed by atoms with Crippen molar-refractivity contribution in [2.75, 3.05) is 44.2 Å². The SMILES string of the molecule is CC(=O)N1CCc2c(c(-c3cccc4cc(-c5cnn(C)c5)ncc34)nn2C2CN(CC3CCN(c4ccc(C=O)nn4)CC3)C2)C1.N#Cc1ccc(CC2CCCCC2)cc1Cl. The number of piperidine rings is 1. The van der Waals surface area contributed by atoms with Crippen LogP contribution >= 0.6 is 11.6 Å². The summed E-state index contributed by atoms with van der Waals surface area (Å²) in [6.07, 6.45) is 17.5. The largest absolute Gasteiger partial charge is 0.355 e. The summed E-state index contributed by atoms with van der Waals surface area (Å²) < 4.78 is 4.06. The lowest BCUT2D eigenvalue weighted by Gasteiger charge is -2.43. The number of hydrogen-bond acceptors (Lipinski definition) is 10. The number of fused-ring (bicyclic) bond motifs is 2. The maximum absolute atomic E-state index is 12.5. The van der Waals surface area contributed by atoms with Crippen LogP contribution in [0, 0.1) is 23.2 Å². The monoisotopic (exact) mass is 863 g/mol. The lowest BCUT2D eigenvalue weighted by Crippen LogP contribution is -2.51. The molecule has 7 heterocycles. The summed E-state index contributed by atoms with van der Waals surface area (Å²) in [7, 11) is 1.91. The van der Waals surface area contributed by atoms with Crippen molar-refractivity contribution in [3.05, 3.63) is 106 Å². The third-order valence-electron chi connectivity index (χ3n) is 13.5. The number of aldehydes is 1. The molecule has 0 radical (unpaired) electrons. The average Bonchev–Trinajstić information content (AvgIpc) is 3.91. The molecule has 13 nitrogen and oxygen atoms in total. The number of rotatable bonds is 9. The smallest absolute Gasteiger partial charge is 0.219 e. The molecule has 6 aromatic rings. The normalized spacial score (nSPS) is 17.4. The van der Waals surface area contributed by atoms with E-state index >= 15 is 0 Å². The zero-order valence-electron chi connectivity index (χ0n) is 36.2. The van der Waals surface area contributed by atoms with Crippen molar-refractivity contribution in [1.29, 1.82) is 5.26 Å². The lowest BCUT2D eigenvalue weighted by molar-refractivity contribution is -0.129. The van der Waals surface area contributed by atoms with E-state index in [0.717, 1.165) is 122 Å². The fourth-order valence-electron chi connectivity index (χ4n) is 9.95. The molecule has 10 rings (SSSR count). The first-order valence-corrected chi connectivity index (χ1v) is 22.8. The molecule has 63 heavy (non-hydrogen) atoms. The highest BCUT2D eigenvalue weighted by atomic mass is 35.5. The number of nitrogens with zero attached hydrogens (tertiary/aromatic N) is 11. The van der Waals surface area contributed by atoms with Crippen LogP contribution in [0.25, 0.3) is 33.3 Å². The number of carbonyl (C=O) groups excluding carboxylic acids is 2. The van der Waals surface area contributed by atoms with Crippen molar-refractivity contribution in [1.82, 2.24) is 44.5 Å². The molecule has 3 aliphatic heterocycles. The fraction of sp³-hybridized carbons (Fsp3) is 0.429. The molecule has 1 saturated carbocycles. The Morgan fingerprint density at radius 1 is 0.952 bits per heavy atom. The van der Waals surface area contributed by atoms with Crippen molar-refractivity contribution < 1.29 is 9.59 Å². The van der Waals surface area contributed by atoms with E-state index in [2.05, 4.69) is 60.1 Å². The molecule has 0 bridgehead atoms. The molecule has 4 aliphatic rings. The molecule has 1 amide bonds. The Bertz CT molecular complexity index is 2630. The topological polar surface area (TPSA) is 142 Å². The molecule has 0 N–H and O–H groups in total. The van der Waals surface area contributed by atoms with Gasteiger partial charge in [-0.15, -0.1) is 10.2 Å². The van der Waals surface area contributed by atoms with Crippen LogP contribution in [-0.2, 0) is 31.2 Å². The van der Waals surface area contributed by atoms with Crippen molar-refractivity contribution in [2.45, 2.75) is 77.3 Å². The van der Waals surface area contributed by atoms with Gasteiger partial charge in [-0.25, -0.2) is 0 Å². The number of anilines is 1. The Balaban J connectivity index is 0.000000265. The second-order valence-electron chi connectivity index (χ2n) is 17.8. The Hall–Kier alpha value is -5.97. The number of halogens is 1. The van der Waals surface area contributed by atoms with E-state index in [1.165, 1.54) is 43.4 Å². The number of carbonyl (C=O) groups is 2. The minimum atomic E-state index is 0.0981. The summed E-state index contributed by atoms with van der Waals surface area (Å²) in [4.78, 5) is 35.0. The third kappa shape index (κ3) is 9.38. The number of pyridine rings is 1. The Morgan fingerprint density at radius 2 is 1.78 bits per heavy atom. The second kappa shape index (κ2) is 18.8. The summed E-state index contributed by atoms with van der Waals surface area (Å²) in [6.45, 7) is 7.89. The van der Waals surface area contributed by atoms with Crippen LogP contribution in [0.5, 0.6) is 0 Å². The van der Waals surface area contributed by atoms with Crippen LogP contribution < -0.4 is 4.90 Å². The van der Waals surface area contributed by atoms with Gasteiger partial charge in [0, 0.05) is 106 Å². The minimum Gasteiger partial charge on any atom is -0.355 e. The van der Waals surface area contributed by atoms with Gasteiger partial charge in [-0.1, -0.05) is 68.0 Å². The van der Waals surface area contributed by atoms with Gasteiger partial charge in [0.25, 0.3) is 0 Å². The van der Waals surface area contributed by atoms with Crippen molar-refractivity contribution in [3.63, 3.8) is 0 Å². The molecule has 2 aromatic carbocycles. The number of likely N-dealkylation sites (tertiary alicyclic amines) is 1. The lowest BCUT2D eigenvalue weighted by atomic mass is 9.85. The van der Waals surface area contributed by atoms with Gasteiger partial charge in [0.1, 0.15) is 11.8 Å². The molecule has 324 valence electrons. The van der Waals surface area contributed by atoms with Crippen molar-refractivity contribution in [3.8, 4) is 28.6 Å². The Kier molecular flexibility index (Phi) is 12.6. The van der Waals surface area contributed by atoms with Gasteiger partial charge in [-0.2, -0.15) is 15.5 Å². The summed E-state index contributed by atoms with van der Waals surface area (Å²) in [5.41, 5.74) is 8.52. The van der Waals surface area contributed by atoms with Gasteiger partial charge in [0.05, 0.1) is 34.2 Å². The van der Waals surface area contributed by atoms with Gasteiger partial charge >= 0.3 is 0 Å². The highest BCUT2D eigenvalue weighted by Crippen LogP contribution is 2.38. The number of aromatic nitrogens is 7. The Labute approximate surface area is 373 Å². The first kappa shape index (κ1) is 42.3. The van der Waals surface area contributed by atoms with Gasteiger partial charge in [-0.05, 0) is 72.4 Å².